The SMILES string of the molecule is CN(C)c1ccc(C=C(NC(=O)c2ccccc2)C(N)=O)cc1. The number of anilines is 1. The van der Waals surface area contributed by atoms with Crippen LogP contribution in [0.3, 0.4) is 0 Å². The average Bonchev–Trinajstić information content (AvgIpc) is 2.55. The van der Waals surface area contributed by atoms with Gasteiger partial charge in [-0.3, -0.25) is 9.59 Å². The van der Waals surface area contributed by atoms with Crippen LogP contribution in [0.5, 0.6) is 0 Å². The molecule has 5 nitrogen and oxygen atoms in total. The van der Waals surface area contributed by atoms with Gasteiger partial charge in [0.05, 0.1) is 0 Å². The predicted octanol–water partition coefficient (Wildman–Crippen LogP) is 2.01. The fraction of sp³-hybridized carbons (Fsp3) is 0.111. The van der Waals surface area contributed by atoms with Crippen LogP contribution in [-0.4, -0.2) is 25.9 Å². The van der Waals surface area contributed by atoms with Crippen molar-refractivity contribution in [2.45, 2.75) is 0 Å². The second-order valence-electron chi connectivity index (χ2n) is 5.23. The minimum atomic E-state index is -0.689. The standard InChI is InChI=1S/C18H19N3O2/c1-21(2)15-10-8-13(9-11-15)12-16(17(19)22)20-18(23)14-6-4-3-5-7-14/h3-12H,1-2H3,(H2,19,22)(H,20,23). The van der Waals surface area contributed by atoms with Crippen LogP contribution in [-0.2, 0) is 4.79 Å². The Bertz CT molecular complexity index is 720. The third-order valence-corrected chi connectivity index (χ3v) is 3.27. The van der Waals surface area contributed by atoms with E-state index in [1.807, 2.05) is 49.3 Å². The third-order valence-electron chi connectivity index (χ3n) is 3.27. The molecular formula is C18H19N3O2. The van der Waals surface area contributed by atoms with Crippen LogP contribution >= 0.6 is 0 Å². The van der Waals surface area contributed by atoms with Crippen molar-refractivity contribution >= 4 is 23.6 Å². The molecule has 0 aliphatic rings. The summed E-state index contributed by atoms with van der Waals surface area (Å²) in [4.78, 5) is 25.7. The van der Waals surface area contributed by atoms with Crippen LogP contribution in [0.15, 0.2) is 60.3 Å². The minimum absolute atomic E-state index is 0.0523. The molecule has 0 fully saturated rings. The van der Waals surface area contributed by atoms with Gasteiger partial charge in [-0.2, -0.15) is 0 Å². The van der Waals surface area contributed by atoms with Gasteiger partial charge in [0.25, 0.3) is 11.8 Å². The molecule has 118 valence electrons. The highest BCUT2D eigenvalue weighted by Gasteiger charge is 2.11. The largest absolute Gasteiger partial charge is 0.378 e. The summed E-state index contributed by atoms with van der Waals surface area (Å²) >= 11 is 0. The number of nitrogens with one attached hydrogen (secondary N) is 1. The second kappa shape index (κ2) is 7.26. The number of nitrogens with two attached hydrogens (primary N) is 1. The van der Waals surface area contributed by atoms with Crippen LogP contribution in [0.4, 0.5) is 5.69 Å². The normalized spacial score (nSPS) is 11.0. The lowest BCUT2D eigenvalue weighted by molar-refractivity contribution is -0.114. The summed E-state index contributed by atoms with van der Waals surface area (Å²) in [6, 6.07) is 16.2. The van der Waals surface area contributed by atoms with Gasteiger partial charge in [0.1, 0.15) is 5.70 Å². The monoisotopic (exact) mass is 309 g/mol. The minimum Gasteiger partial charge on any atom is -0.378 e. The van der Waals surface area contributed by atoms with Gasteiger partial charge in [-0.1, -0.05) is 30.3 Å². The Hall–Kier alpha value is -3.08. The first-order chi connectivity index (χ1) is 11.0. The van der Waals surface area contributed by atoms with Gasteiger partial charge in [-0.15, -0.1) is 0 Å². The van der Waals surface area contributed by atoms with Crippen molar-refractivity contribution in [2.24, 2.45) is 5.73 Å². The van der Waals surface area contributed by atoms with Crippen molar-refractivity contribution in [3.8, 4) is 0 Å². The molecule has 0 bridgehead atoms. The lowest BCUT2D eigenvalue weighted by Crippen LogP contribution is -2.31. The summed E-state index contributed by atoms with van der Waals surface area (Å²) in [6.07, 6.45) is 1.56. The molecule has 0 atom stereocenters. The maximum absolute atomic E-state index is 12.1. The van der Waals surface area contributed by atoms with Gasteiger partial charge in [0, 0.05) is 25.3 Å². The van der Waals surface area contributed by atoms with E-state index in [1.54, 1.807) is 30.3 Å². The number of benzene rings is 2. The summed E-state index contributed by atoms with van der Waals surface area (Å²) < 4.78 is 0. The lowest BCUT2D eigenvalue weighted by atomic mass is 10.1. The number of amides is 2. The summed E-state index contributed by atoms with van der Waals surface area (Å²) in [5, 5.41) is 2.56. The van der Waals surface area contributed by atoms with Gasteiger partial charge in [-0.05, 0) is 35.9 Å². The number of hydrogen-bond donors (Lipinski definition) is 2. The Morgan fingerprint density at radius 3 is 2.13 bits per heavy atom. The van der Waals surface area contributed by atoms with Crippen LogP contribution in [0.25, 0.3) is 6.08 Å². The summed E-state index contributed by atoms with van der Waals surface area (Å²) in [6.45, 7) is 0. The van der Waals surface area contributed by atoms with Crippen molar-refractivity contribution < 1.29 is 9.59 Å². The smallest absolute Gasteiger partial charge is 0.265 e. The Labute approximate surface area is 135 Å². The zero-order valence-corrected chi connectivity index (χ0v) is 13.1. The van der Waals surface area contributed by atoms with Gasteiger partial charge >= 0.3 is 0 Å². The van der Waals surface area contributed by atoms with E-state index in [2.05, 4.69) is 5.32 Å². The summed E-state index contributed by atoms with van der Waals surface area (Å²) in [5.41, 5.74) is 7.69. The zero-order valence-electron chi connectivity index (χ0n) is 13.1. The predicted molar refractivity (Wildman–Crippen MR) is 91.8 cm³/mol. The Morgan fingerprint density at radius 1 is 1.00 bits per heavy atom. The van der Waals surface area contributed by atoms with Crippen LogP contribution in [0.1, 0.15) is 15.9 Å². The quantitative estimate of drug-likeness (QED) is 0.830. The topological polar surface area (TPSA) is 75.4 Å². The van der Waals surface area contributed by atoms with E-state index >= 15 is 0 Å². The van der Waals surface area contributed by atoms with E-state index in [4.69, 9.17) is 5.73 Å². The number of nitrogens with zero attached hydrogens (tertiary/aromatic N) is 1. The lowest BCUT2D eigenvalue weighted by Gasteiger charge is -2.12. The fourth-order valence-electron chi connectivity index (χ4n) is 1.99. The Morgan fingerprint density at radius 2 is 1.61 bits per heavy atom. The Balaban J connectivity index is 2.21. The van der Waals surface area contributed by atoms with E-state index in [9.17, 15) is 9.59 Å². The molecule has 0 radical (unpaired) electrons. The van der Waals surface area contributed by atoms with Crippen molar-refractivity contribution in [3.63, 3.8) is 0 Å². The molecule has 0 saturated heterocycles. The molecule has 23 heavy (non-hydrogen) atoms. The van der Waals surface area contributed by atoms with E-state index in [-0.39, 0.29) is 11.6 Å². The van der Waals surface area contributed by atoms with Gasteiger partial charge < -0.3 is 16.0 Å². The van der Waals surface area contributed by atoms with E-state index in [0.29, 0.717) is 5.56 Å². The molecule has 0 spiro atoms. The molecule has 2 rings (SSSR count). The highest BCUT2D eigenvalue weighted by molar-refractivity contribution is 6.04. The third kappa shape index (κ3) is 4.44. The summed E-state index contributed by atoms with van der Waals surface area (Å²) in [5.74, 6) is -1.06. The molecule has 2 aromatic rings. The fourth-order valence-corrected chi connectivity index (χ4v) is 1.99. The highest BCUT2D eigenvalue weighted by Crippen LogP contribution is 2.14. The first-order valence-corrected chi connectivity index (χ1v) is 7.12. The molecule has 0 aliphatic carbocycles. The van der Waals surface area contributed by atoms with Gasteiger partial charge in [0.2, 0.25) is 0 Å². The number of carbonyl (C=O) groups is 2. The molecule has 0 aliphatic heterocycles. The van der Waals surface area contributed by atoms with Crippen molar-refractivity contribution in [1.29, 1.82) is 0 Å². The van der Waals surface area contributed by atoms with Crippen LogP contribution < -0.4 is 16.0 Å². The maximum atomic E-state index is 12.1. The zero-order chi connectivity index (χ0) is 16.8. The molecule has 0 aromatic heterocycles. The number of carbonyl (C=O) groups excluding carboxylic acids is 2. The molecule has 2 aromatic carbocycles. The van der Waals surface area contributed by atoms with E-state index in [0.717, 1.165) is 11.3 Å². The first kappa shape index (κ1) is 16.3. The highest BCUT2D eigenvalue weighted by atomic mass is 16.2. The van der Waals surface area contributed by atoms with Crippen molar-refractivity contribution in [2.75, 3.05) is 19.0 Å². The van der Waals surface area contributed by atoms with Gasteiger partial charge in [0.15, 0.2) is 0 Å². The van der Waals surface area contributed by atoms with E-state index < -0.39 is 5.91 Å². The molecule has 2 amide bonds. The number of rotatable bonds is 5. The first-order valence-electron chi connectivity index (χ1n) is 7.12. The van der Waals surface area contributed by atoms with Crippen molar-refractivity contribution in [1.82, 2.24) is 5.32 Å². The number of primary amides is 1. The molecule has 3 N–H and O–H groups in total. The van der Waals surface area contributed by atoms with Crippen LogP contribution in [0.2, 0.25) is 0 Å². The van der Waals surface area contributed by atoms with Crippen LogP contribution in [0, 0.1) is 0 Å². The Kier molecular flexibility index (Phi) is 5.15. The van der Waals surface area contributed by atoms with Gasteiger partial charge in [-0.25, -0.2) is 0 Å². The molecule has 0 saturated carbocycles. The number of hydrogen-bond acceptors (Lipinski definition) is 3. The maximum Gasteiger partial charge on any atom is 0.265 e. The van der Waals surface area contributed by atoms with Crippen molar-refractivity contribution in [3.05, 3.63) is 71.4 Å². The molecule has 0 unspecified atom stereocenters. The summed E-state index contributed by atoms with van der Waals surface area (Å²) in [7, 11) is 3.89. The van der Waals surface area contributed by atoms with E-state index in [1.165, 1.54) is 0 Å². The molecule has 5 heteroatoms. The average molecular weight is 309 g/mol. The second-order valence-corrected chi connectivity index (χ2v) is 5.23. The molecular weight excluding hydrogens is 290 g/mol. The molecule has 0 heterocycles.